The molecule has 9 heteroatoms. The lowest BCUT2D eigenvalue weighted by atomic mass is 9.77. The molecule has 0 radical (unpaired) electrons. The number of urea groups is 1. The van der Waals surface area contributed by atoms with E-state index in [1.165, 1.54) is 54.1 Å². The van der Waals surface area contributed by atoms with E-state index in [-0.39, 0.29) is 11.1 Å². The Bertz CT molecular complexity index is 814. The van der Waals surface area contributed by atoms with E-state index in [1.54, 1.807) is 6.07 Å². The van der Waals surface area contributed by atoms with E-state index in [2.05, 4.69) is 10.3 Å². The molecule has 136 valence electrons. The van der Waals surface area contributed by atoms with Crippen molar-refractivity contribution >= 4 is 11.8 Å². The first-order valence-electron chi connectivity index (χ1n) is 7.61. The Morgan fingerprint density at radius 3 is 2.31 bits per heavy atom. The second-order valence-electron chi connectivity index (χ2n) is 5.83. The van der Waals surface area contributed by atoms with Crippen molar-refractivity contribution in [3.05, 3.63) is 66.0 Å². The maximum Gasteiger partial charge on any atom is 0.437 e. The lowest BCUT2D eigenvalue weighted by Crippen LogP contribution is -2.72. The van der Waals surface area contributed by atoms with Gasteiger partial charge in [0, 0.05) is 18.0 Å². The molecule has 0 spiro atoms. The van der Waals surface area contributed by atoms with Gasteiger partial charge in [0.1, 0.15) is 5.92 Å². The number of ketones is 1. The molecule has 3 atom stereocenters. The fraction of sp³-hybridized carbons (Fsp3) is 0.235. The van der Waals surface area contributed by atoms with Gasteiger partial charge in [-0.25, -0.2) is 4.79 Å². The minimum Gasteiger partial charge on any atom is -0.363 e. The molecule has 0 bridgehead atoms. The number of hydrogen-bond donors (Lipinski definition) is 3. The molecule has 0 unspecified atom stereocenters. The summed E-state index contributed by atoms with van der Waals surface area (Å²) in [5.41, 5.74) is -3.53. The number of hydrogen-bond acceptors (Lipinski definition) is 4. The third-order valence-corrected chi connectivity index (χ3v) is 4.21. The van der Waals surface area contributed by atoms with Gasteiger partial charge in [0.2, 0.25) is 5.72 Å². The van der Waals surface area contributed by atoms with Gasteiger partial charge in [-0.1, -0.05) is 30.3 Å². The van der Waals surface area contributed by atoms with Crippen LogP contribution in [0.5, 0.6) is 0 Å². The molecule has 0 aliphatic carbocycles. The van der Waals surface area contributed by atoms with Gasteiger partial charge in [-0.15, -0.1) is 0 Å². The van der Waals surface area contributed by atoms with Crippen molar-refractivity contribution < 1.29 is 27.9 Å². The number of aromatic nitrogens is 1. The van der Waals surface area contributed by atoms with Crippen molar-refractivity contribution in [2.75, 3.05) is 0 Å². The van der Waals surface area contributed by atoms with E-state index in [1.807, 2.05) is 0 Å². The highest BCUT2D eigenvalue weighted by atomic mass is 19.4. The van der Waals surface area contributed by atoms with E-state index in [0.717, 1.165) is 0 Å². The van der Waals surface area contributed by atoms with Gasteiger partial charge in [-0.05, 0) is 17.7 Å². The summed E-state index contributed by atoms with van der Waals surface area (Å²) >= 11 is 0. The van der Waals surface area contributed by atoms with Crippen LogP contribution in [0.4, 0.5) is 18.0 Å². The zero-order valence-corrected chi connectivity index (χ0v) is 13.2. The largest absolute Gasteiger partial charge is 0.437 e. The molecule has 1 saturated heterocycles. The number of benzene rings is 1. The summed E-state index contributed by atoms with van der Waals surface area (Å²) in [6.45, 7) is 0. The van der Waals surface area contributed by atoms with Gasteiger partial charge in [-0.2, -0.15) is 13.2 Å². The van der Waals surface area contributed by atoms with Gasteiger partial charge in [-0.3, -0.25) is 9.78 Å². The highest BCUT2D eigenvalue weighted by Gasteiger charge is 2.66. The van der Waals surface area contributed by atoms with E-state index in [9.17, 15) is 27.9 Å². The van der Waals surface area contributed by atoms with Crippen molar-refractivity contribution in [2.45, 2.75) is 17.9 Å². The number of amides is 2. The molecule has 1 fully saturated rings. The molecule has 3 N–H and O–H groups in total. The molecule has 1 aliphatic rings. The zero-order valence-electron chi connectivity index (χ0n) is 13.2. The highest BCUT2D eigenvalue weighted by molar-refractivity contribution is 6.00. The maximum absolute atomic E-state index is 13.7. The first-order valence-corrected chi connectivity index (χ1v) is 7.61. The van der Waals surface area contributed by atoms with Crippen LogP contribution in [0.1, 0.15) is 22.0 Å². The number of aliphatic hydroxyl groups is 1. The maximum atomic E-state index is 13.7. The molecule has 2 heterocycles. The topological polar surface area (TPSA) is 91.3 Å². The number of alkyl halides is 3. The van der Waals surface area contributed by atoms with Crippen molar-refractivity contribution in [3.63, 3.8) is 0 Å². The van der Waals surface area contributed by atoms with Crippen LogP contribution >= 0.6 is 0 Å². The lowest BCUT2D eigenvalue weighted by Gasteiger charge is -2.45. The molecule has 1 aromatic carbocycles. The number of carbonyl (C=O) groups excluding carboxylic acids is 2. The number of nitrogens with one attached hydrogen (secondary N) is 2. The summed E-state index contributed by atoms with van der Waals surface area (Å²) in [6, 6.07) is 7.41. The monoisotopic (exact) mass is 365 g/mol. The Labute approximate surface area is 146 Å². The fourth-order valence-corrected chi connectivity index (χ4v) is 2.97. The van der Waals surface area contributed by atoms with Crippen molar-refractivity contribution in [3.8, 4) is 0 Å². The Balaban J connectivity index is 2.15. The zero-order chi connectivity index (χ0) is 18.9. The third-order valence-electron chi connectivity index (χ3n) is 4.21. The molecule has 6 nitrogen and oxygen atoms in total. The van der Waals surface area contributed by atoms with Crippen molar-refractivity contribution in [1.82, 2.24) is 15.6 Å². The van der Waals surface area contributed by atoms with E-state index < -0.39 is 35.7 Å². The Morgan fingerprint density at radius 1 is 1.12 bits per heavy atom. The van der Waals surface area contributed by atoms with E-state index >= 15 is 0 Å². The first kappa shape index (κ1) is 17.9. The quantitative estimate of drug-likeness (QED) is 0.727. The number of rotatable bonds is 3. The second-order valence-corrected chi connectivity index (χ2v) is 5.83. The lowest BCUT2D eigenvalue weighted by molar-refractivity contribution is -0.287. The second kappa shape index (κ2) is 6.41. The van der Waals surface area contributed by atoms with Crippen molar-refractivity contribution in [1.29, 1.82) is 0 Å². The number of pyridine rings is 1. The summed E-state index contributed by atoms with van der Waals surface area (Å²) in [6.07, 6.45) is -2.63. The summed E-state index contributed by atoms with van der Waals surface area (Å²) in [7, 11) is 0. The standard InChI is InChI=1S/C17H14F3N3O3/c18-17(19,20)16(26)12(14(24)11-4-2-1-3-5-11)13(22-15(25)23-16)10-6-8-21-9-7-10/h1-9,12-13,26H,(H2,22,23,25)/t12-,13-,16-/m1/s1. The molecule has 1 aromatic heterocycles. The predicted molar refractivity (Wildman–Crippen MR) is 83.9 cm³/mol. The molecular formula is C17H14F3N3O3. The summed E-state index contributed by atoms with van der Waals surface area (Å²) < 4.78 is 41.0. The molecule has 2 amide bonds. The van der Waals surface area contributed by atoms with Crippen LogP contribution in [-0.2, 0) is 0 Å². The van der Waals surface area contributed by atoms with Gasteiger partial charge in [0.05, 0.1) is 6.04 Å². The highest BCUT2D eigenvalue weighted by Crippen LogP contribution is 2.43. The molecule has 26 heavy (non-hydrogen) atoms. The number of carbonyl (C=O) groups is 2. The molecular weight excluding hydrogens is 351 g/mol. The molecule has 2 aromatic rings. The van der Waals surface area contributed by atoms with Crippen LogP contribution in [0.15, 0.2) is 54.9 Å². The first-order chi connectivity index (χ1) is 12.2. The van der Waals surface area contributed by atoms with E-state index in [4.69, 9.17) is 0 Å². The minimum absolute atomic E-state index is 0.0165. The summed E-state index contributed by atoms with van der Waals surface area (Å²) in [5.74, 6) is -3.00. The minimum atomic E-state index is -5.27. The number of halogens is 3. The molecule has 1 aliphatic heterocycles. The van der Waals surface area contributed by atoms with Gasteiger partial charge in [0.15, 0.2) is 5.78 Å². The smallest absolute Gasteiger partial charge is 0.363 e. The average molecular weight is 365 g/mol. The predicted octanol–water partition coefficient (Wildman–Crippen LogP) is 2.19. The SMILES string of the molecule is O=C1N[C@H](c2ccncc2)[C@H](C(=O)c2ccccc2)[C@@](O)(C(F)(F)F)N1. The van der Waals surface area contributed by atoms with Crippen LogP contribution in [0, 0.1) is 5.92 Å². The van der Waals surface area contributed by atoms with Crippen LogP contribution in [0.3, 0.4) is 0 Å². The molecule has 3 rings (SSSR count). The van der Waals surface area contributed by atoms with E-state index in [0.29, 0.717) is 0 Å². The Morgan fingerprint density at radius 2 is 1.73 bits per heavy atom. The fourth-order valence-electron chi connectivity index (χ4n) is 2.97. The number of Topliss-reactive ketones (excluding diaryl/α,β-unsaturated/α-hetero) is 1. The van der Waals surface area contributed by atoms with Crippen LogP contribution in [0.25, 0.3) is 0 Å². The Hall–Kier alpha value is -2.94. The van der Waals surface area contributed by atoms with Crippen LogP contribution < -0.4 is 10.6 Å². The molecule has 0 saturated carbocycles. The van der Waals surface area contributed by atoms with Crippen LogP contribution in [0.2, 0.25) is 0 Å². The Kier molecular flexibility index (Phi) is 4.41. The van der Waals surface area contributed by atoms with Gasteiger partial charge >= 0.3 is 12.2 Å². The summed E-state index contributed by atoms with van der Waals surface area (Å²) in [4.78, 5) is 28.5. The van der Waals surface area contributed by atoms with Gasteiger partial charge in [0.25, 0.3) is 0 Å². The number of nitrogens with zero attached hydrogens (tertiary/aromatic N) is 1. The van der Waals surface area contributed by atoms with Crippen LogP contribution in [-0.4, -0.2) is 33.8 Å². The summed E-state index contributed by atoms with van der Waals surface area (Å²) in [5, 5.41) is 14.1. The van der Waals surface area contributed by atoms with Crippen molar-refractivity contribution in [2.24, 2.45) is 5.92 Å². The average Bonchev–Trinajstić information content (AvgIpc) is 2.61. The third kappa shape index (κ3) is 3.01. The van der Waals surface area contributed by atoms with Gasteiger partial charge < -0.3 is 15.7 Å². The normalized spacial score (nSPS) is 25.9.